The molecule has 7 nitrogen and oxygen atoms in total. The van der Waals surface area contributed by atoms with E-state index < -0.39 is 16.9 Å². The van der Waals surface area contributed by atoms with E-state index in [0.717, 1.165) is 0 Å². The molecule has 20 heavy (non-hydrogen) atoms. The van der Waals surface area contributed by atoms with E-state index in [1.165, 1.54) is 44.4 Å². The van der Waals surface area contributed by atoms with E-state index in [1.807, 2.05) is 0 Å². The lowest BCUT2D eigenvalue weighted by atomic mass is 10.1. The molecular formula is C13H13NO6. The van der Waals surface area contributed by atoms with Gasteiger partial charge >= 0.3 is 11.9 Å². The molecule has 0 aliphatic rings. The molecule has 0 aliphatic carbocycles. The first kappa shape index (κ1) is 15.4. The quantitative estimate of drug-likeness (QED) is 0.352. The van der Waals surface area contributed by atoms with Crippen LogP contribution in [0.4, 0.5) is 5.69 Å². The lowest BCUT2D eigenvalue weighted by Gasteiger charge is -2.06. The smallest absolute Gasteiger partial charge is 0.337 e. The number of hydrogen-bond donors (Lipinski definition) is 0. The molecule has 106 valence electrons. The molecule has 1 aromatic rings. The molecule has 0 heterocycles. The number of esters is 2. The second kappa shape index (κ2) is 7.03. The summed E-state index contributed by atoms with van der Waals surface area (Å²) in [4.78, 5) is 32.3. The SMILES string of the molecule is COC(=O)/C(=C/c1ccc([N+](=O)[O-])cc1)COC(C)=O. The third-order valence-corrected chi connectivity index (χ3v) is 2.32. The van der Waals surface area contributed by atoms with Crippen LogP contribution in [0.3, 0.4) is 0 Å². The highest BCUT2D eigenvalue weighted by atomic mass is 16.6. The minimum Gasteiger partial charge on any atom is -0.466 e. The number of non-ortho nitro benzene ring substituents is 1. The van der Waals surface area contributed by atoms with E-state index in [-0.39, 0.29) is 17.9 Å². The number of nitrogens with zero attached hydrogens (tertiary/aromatic N) is 1. The monoisotopic (exact) mass is 279 g/mol. The Bertz CT molecular complexity index is 546. The fourth-order valence-electron chi connectivity index (χ4n) is 1.36. The van der Waals surface area contributed by atoms with E-state index in [4.69, 9.17) is 4.74 Å². The van der Waals surface area contributed by atoms with Gasteiger partial charge in [0.2, 0.25) is 0 Å². The average molecular weight is 279 g/mol. The Morgan fingerprint density at radius 2 is 1.90 bits per heavy atom. The Morgan fingerprint density at radius 3 is 2.35 bits per heavy atom. The zero-order chi connectivity index (χ0) is 15.1. The van der Waals surface area contributed by atoms with Crippen LogP contribution in [-0.4, -0.2) is 30.6 Å². The van der Waals surface area contributed by atoms with Gasteiger partial charge in [-0.1, -0.05) is 0 Å². The van der Waals surface area contributed by atoms with Crippen molar-refractivity contribution in [2.45, 2.75) is 6.92 Å². The van der Waals surface area contributed by atoms with E-state index in [9.17, 15) is 19.7 Å². The van der Waals surface area contributed by atoms with Crippen LogP contribution in [0.25, 0.3) is 6.08 Å². The van der Waals surface area contributed by atoms with Gasteiger partial charge in [-0.05, 0) is 23.8 Å². The highest BCUT2D eigenvalue weighted by Gasteiger charge is 2.12. The first-order chi connectivity index (χ1) is 9.43. The summed E-state index contributed by atoms with van der Waals surface area (Å²) in [5.41, 5.74) is 0.640. The highest BCUT2D eigenvalue weighted by molar-refractivity contribution is 5.94. The third-order valence-electron chi connectivity index (χ3n) is 2.32. The van der Waals surface area contributed by atoms with Crippen LogP contribution in [0.15, 0.2) is 29.8 Å². The fourth-order valence-corrected chi connectivity index (χ4v) is 1.36. The topological polar surface area (TPSA) is 95.7 Å². The van der Waals surface area contributed by atoms with Gasteiger partial charge in [-0.25, -0.2) is 4.79 Å². The standard InChI is InChI=1S/C13H13NO6/c1-9(15)20-8-11(13(16)19-2)7-10-3-5-12(6-4-10)14(17)18/h3-7H,8H2,1-2H3/b11-7+. The predicted molar refractivity (Wildman–Crippen MR) is 69.7 cm³/mol. The lowest BCUT2D eigenvalue weighted by Crippen LogP contribution is -2.12. The minimum absolute atomic E-state index is 0.0539. The Kier molecular flexibility index (Phi) is 5.40. The molecule has 0 radical (unpaired) electrons. The van der Waals surface area contributed by atoms with Crippen molar-refractivity contribution in [1.82, 2.24) is 0 Å². The Balaban J connectivity index is 2.96. The fraction of sp³-hybridized carbons (Fsp3) is 0.231. The molecule has 1 aromatic carbocycles. The zero-order valence-electron chi connectivity index (χ0n) is 11.0. The summed E-state index contributed by atoms with van der Waals surface area (Å²) in [6.07, 6.45) is 1.44. The van der Waals surface area contributed by atoms with Crippen molar-refractivity contribution < 1.29 is 24.0 Å². The van der Waals surface area contributed by atoms with Crippen LogP contribution in [0, 0.1) is 10.1 Å². The number of hydrogen-bond acceptors (Lipinski definition) is 6. The number of nitro groups is 1. The van der Waals surface area contributed by atoms with Gasteiger partial charge in [-0.2, -0.15) is 0 Å². The van der Waals surface area contributed by atoms with Gasteiger partial charge in [0.1, 0.15) is 6.61 Å². The normalized spacial score (nSPS) is 10.8. The molecule has 0 bridgehead atoms. The van der Waals surface area contributed by atoms with Crippen LogP contribution >= 0.6 is 0 Å². The van der Waals surface area contributed by atoms with Gasteiger partial charge in [0, 0.05) is 19.1 Å². The van der Waals surface area contributed by atoms with Crippen molar-refractivity contribution in [2.24, 2.45) is 0 Å². The van der Waals surface area contributed by atoms with Crippen molar-refractivity contribution in [3.63, 3.8) is 0 Å². The van der Waals surface area contributed by atoms with Crippen molar-refractivity contribution in [3.8, 4) is 0 Å². The summed E-state index contributed by atoms with van der Waals surface area (Å²) in [5, 5.41) is 10.5. The number of carbonyl (C=O) groups excluding carboxylic acids is 2. The second-order valence-corrected chi connectivity index (χ2v) is 3.79. The molecule has 0 aromatic heterocycles. The molecule has 0 aliphatic heterocycles. The third kappa shape index (κ3) is 4.52. The number of ether oxygens (including phenoxy) is 2. The summed E-state index contributed by atoms with van der Waals surface area (Å²) >= 11 is 0. The number of benzene rings is 1. The summed E-state index contributed by atoms with van der Waals surface area (Å²) < 4.78 is 9.32. The largest absolute Gasteiger partial charge is 0.466 e. The van der Waals surface area contributed by atoms with Gasteiger partial charge in [-0.3, -0.25) is 14.9 Å². The molecule has 0 unspecified atom stereocenters. The molecular weight excluding hydrogens is 266 g/mol. The van der Waals surface area contributed by atoms with Crippen LogP contribution in [0.5, 0.6) is 0 Å². The molecule has 1 rings (SSSR count). The Hall–Kier alpha value is -2.70. The maximum Gasteiger partial charge on any atom is 0.337 e. The minimum atomic E-state index is -0.635. The molecule has 0 saturated carbocycles. The molecule has 0 fully saturated rings. The number of nitro benzene ring substituents is 1. The molecule has 0 amide bonds. The average Bonchev–Trinajstić information content (AvgIpc) is 2.42. The Labute approximate surface area is 114 Å². The van der Waals surface area contributed by atoms with E-state index >= 15 is 0 Å². The van der Waals surface area contributed by atoms with Crippen molar-refractivity contribution in [1.29, 1.82) is 0 Å². The van der Waals surface area contributed by atoms with Crippen LogP contribution in [0.2, 0.25) is 0 Å². The van der Waals surface area contributed by atoms with Crippen molar-refractivity contribution >= 4 is 23.7 Å². The van der Waals surface area contributed by atoms with E-state index in [0.29, 0.717) is 5.56 Å². The molecule has 7 heteroatoms. The highest BCUT2D eigenvalue weighted by Crippen LogP contribution is 2.15. The summed E-state index contributed by atoms with van der Waals surface area (Å²) in [6, 6.07) is 5.59. The maximum atomic E-state index is 11.5. The van der Waals surface area contributed by atoms with Crippen molar-refractivity contribution in [3.05, 3.63) is 45.5 Å². The summed E-state index contributed by atoms with van der Waals surface area (Å²) in [6.45, 7) is 1.000. The lowest BCUT2D eigenvalue weighted by molar-refractivity contribution is -0.384. The first-order valence-corrected chi connectivity index (χ1v) is 5.60. The summed E-state index contributed by atoms with van der Waals surface area (Å²) in [7, 11) is 1.21. The van der Waals surface area contributed by atoms with Gasteiger partial charge in [0.15, 0.2) is 0 Å². The molecule has 0 atom stereocenters. The maximum absolute atomic E-state index is 11.5. The zero-order valence-corrected chi connectivity index (χ0v) is 11.0. The van der Waals surface area contributed by atoms with Gasteiger partial charge in [-0.15, -0.1) is 0 Å². The molecule has 0 N–H and O–H groups in total. The Morgan fingerprint density at radius 1 is 1.30 bits per heavy atom. The summed E-state index contributed by atoms with van der Waals surface area (Å²) in [5.74, 6) is -1.16. The number of methoxy groups -OCH3 is 1. The van der Waals surface area contributed by atoms with Crippen LogP contribution in [0.1, 0.15) is 12.5 Å². The van der Waals surface area contributed by atoms with Gasteiger partial charge in [0.25, 0.3) is 5.69 Å². The number of carbonyl (C=O) groups is 2. The van der Waals surface area contributed by atoms with Crippen LogP contribution in [-0.2, 0) is 19.1 Å². The first-order valence-electron chi connectivity index (χ1n) is 5.60. The predicted octanol–water partition coefficient (Wildman–Crippen LogP) is 1.71. The van der Waals surface area contributed by atoms with Crippen LogP contribution < -0.4 is 0 Å². The molecule has 0 spiro atoms. The van der Waals surface area contributed by atoms with Crippen molar-refractivity contribution in [2.75, 3.05) is 13.7 Å². The van der Waals surface area contributed by atoms with Gasteiger partial charge in [0.05, 0.1) is 17.6 Å². The molecule has 0 saturated heterocycles. The van der Waals surface area contributed by atoms with E-state index in [1.54, 1.807) is 0 Å². The number of rotatable bonds is 5. The van der Waals surface area contributed by atoms with E-state index in [2.05, 4.69) is 4.74 Å². The second-order valence-electron chi connectivity index (χ2n) is 3.79. The van der Waals surface area contributed by atoms with Gasteiger partial charge < -0.3 is 9.47 Å².